The third kappa shape index (κ3) is 12.3. The lowest BCUT2D eigenvalue weighted by molar-refractivity contribution is -0.156. The quantitative estimate of drug-likeness (QED) is 0.0999. The number of rotatable bonds is 10. The molecular formula is C68H58F3N7OS2. The van der Waals surface area contributed by atoms with Crippen LogP contribution in [0.15, 0.2) is 240 Å². The Bertz CT molecular complexity index is 3770. The number of nitrogens with zero attached hydrogens (tertiary/aromatic N) is 7. The van der Waals surface area contributed by atoms with Crippen molar-refractivity contribution in [1.29, 1.82) is 0 Å². The van der Waals surface area contributed by atoms with Crippen molar-refractivity contribution in [2.24, 2.45) is 15.0 Å². The van der Waals surface area contributed by atoms with Gasteiger partial charge in [-0.25, -0.2) is 14.7 Å². The van der Waals surface area contributed by atoms with Gasteiger partial charge in [-0.1, -0.05) is 172 Å². The molecule has 6 heterocycles. The summed E-state index contributed by atoms with van der Waals surface area (Å²) in [4.78, 5) is 32.0. The lowest BCUT2D eigenvalue weighted by Crippen LogP contribution is -2.38. The van der Waals surface area contributed by atoms with Gasteiger partial charge in [0.25, 0.3) is 0 Å². The number of carbonyl (C=O) groups excluding carboxylic acids is 1. The van der Waals surface area contributed by atoms with E-state index in [1.165, 1.54) is 38.4 Å². The molecule has 0 saturated heterocycles. The van der Waals surface area contributed by atoms with Crippen LogP contribution in [0.3, 0.4) is 0 Å². The van der Waals surface area contributed by atoms with E-state index in [0.29, 0.717) is 17.4 Å². The van der Waals surface area contributed by atoms with Gasteiger partial charge in [-0.3, -0.25) is 19.8 Å². The molecule has 0 N–H and O–H groups in total. The topological polar surface area (TPSA) is 97.8 Å². The van der Waals surface area contributed by atoms with Crippen molar-refractivity contribution in [2.45, 2.75) is 69.3 Å². The second-order valence-electron chi connectivity index (χ2n) is 19.2. The number of aromatic nitrogens is 4. The first kappa shape index (κ1) is 54.4. The molecule has 0 fully saturated rings. The number of aldehydes is 1. The van der Waals surface area contributed by atoms with Gasteiger partial charge >= 0.3 is 6.18 Å². The SMILES string of the molecule is CC(SC1=Nc2cc3c(-c4ccncc4)nn(C(c4ccccc4)(c4ccccc4)c4ccccc4)c3cc2C1)c1ccccc1.CC(SC1=Nc2cc3c(cc2C1)CN=C3c1ccncc1)c1ccccc1.O=CC(F)(F)F.[2H]CC. The van der Waals surface area contributed by atoms with Crippen molar-refractivity contribution in [1.82, 2.24) is 19.7 Å². The van der Waals surface area contributed by atoms with E-state index in [9.17, 15) is 13.2 Å². The second kappa shape index (κ2) is 25.3. The van der Waals surface area contributed by atoms with Crippen molar-refractivity contribution in [3.63, 3.8) is 0 Å². The molecule has 10 aromatic rings. The lowest BCUT2D eigenvalue weighted by atomic mass is 9.77. The zero-order valence-electron chi connectivity index (χ0n) is 45.9. The molecule has 13 heteroatoms. The maximum Gasteiger partial charge on any atom is 0.446 e. The molecule has 3 aromatic heterocycles. The van der Waals surface area contributed by atoms with Crippen molar-refractivity contribution < 1.29 is 19.3 Å². The smallest absolute Gasteiger partial charge is 0.293 e. The fourth-order valence-corrected chi connectivity index (χ4v) is 12.6. The molecule has 3 aliphatic heterocycles. The molecule has 0 amide bonds. The monoisotopic (exact) mass is 1110 g/mol. The highest BCUT2D eigenvalue weighted by Crippen LogP contribution is 2.47. The minimum atomic E-state index is -4.64. The summed E-state index contributed by atoms with van der Waals surface area (Å²) in [6.07, 6.45) is 3.34. The van der Waals surface area contributed by atoms with Gasteiger partial charge in [0.2, 0.25) is 6.29 Å². The highest BCUT2D eigenvalue weighted by atomic mass is 32.2. The molecule has 0 saturated carbocycles. The van der Waals surface area contributed by atoms with Crippen LogP contribution in [0.1, 0.15) is 95.2 Å². The van der Waals surface area contributed by atoms with Crippen LogP contribution in [-0.2, 0) is 29.7 Å². The predicted octanol–water partition coefficient (Wildman–Crippen LogP) is 17.3. The summed E-state index contributed by atoms with van der Waals surface area (Å²) >= 11 is 3.71. The first-order chi connectivity index (χ1) is 40.0. The van der Waals surface area contributed by atoms with E-state index < -0.39 is 18.0 Å². The lowest BCUT2D eigenvalue weighted by Gasteiger charge is -2.37. The molecule has 2 unspecified atom stereocenters. The number of carbonyl (C=O) groups is 1. The second-order valence-corrected chi connectivity index (χ2v) is 22.0. The van der Waals surface area contributed by atoms with Gasteiger partial charge in [0.15, 0.2) is 0 Å². The Kier molecular flexibility index (Phi) is 17.0. The average Bonchev–Trinajstić information content (AvgIpc) is 2.24. The molecule has 0 aliphatic carbocycles. The standard InChI is InChI=1S/C41H32N4S.C23H19N3S.C2HF3O.C2H6/c1-29(30-14-6-2-7-15-30)46-39-27-32-26-38-36(28-37(32)43-39)40(31-22-24-42-25-23-31)44-45(38)41(33-16-8-3-9-17-33,34-18-10-4-11-19-34)35-20-12-5-13-21-35;1-15(16-5-3-2-4-6-16)27-22-12-18-11-19-14-25-23(17-7-9-24-10-8-17)20(19)13-21(18)26-22;3-2(4,5)1-6;1-2/h2-26,28-29H,27H2,1H3;2-11,13,15H,12,14H2,1H3;1H;1-2H3/i;;;1D. The van der Waals surface area contributed by atoms with E-state index in [1.807, 2.05) is 72.6 Å². The molecule has 0 spiro atoms. The van der Waals surface area contributed by atoms with Gasteiger partial charge in [-0.15, -0.1) is 23.5 Å². The maximum atomic E-state index is 10.4. The third-order valence-electron chi connectivity index (χ3n) is 14.1. The van der Waals surface area contributed by atoms with E-state index in [-0.39, 0.29) is 0 Å². The first-order valence-corrected chi connectivity index (χ1v) is 28.4. The number of aliphatic imine (C=N–C) groups is 3. The van der Waals surface area contributed by atoms with Gasteiger partial charge in [0.05, 0.1) is 39.2 Å². The average molecular weight is 1110 g/mol. The Morgan fingerprint density at radius 2 is 0.988 bits per heavy atom. The fourth-order valence-electron chi connectivity index (χ4n) is 10.4. The number of pyridine rings is 2. The van der Waals surface area contributed by atoms with E-state index in [1.54, 1.807) is 6.92 Å². The number of benzene rings is 7. The van der Waals surface area contributed by atoms with Crippen molar-refractivity contribution >= 4 is 67.9 Å². The summed E-state index contributed by atoms with van der Waals surface area (Å²) in [7, 11) is 0. The zero-order chi connectivity index (χ0) is 57.1. The van der Waals surface area contributed by atoms with Crippen LogP contribution < -0.4 is 0 Å². The van der Waals surface area contributed by atoms with E-state index in [0.717, 1.165) is 85.9 Å². The number of hydrogen-bond acceptors (Lipinski definition) is 9. The highest BCUT2D eigenvalue weighted by Gasteiger charge is 2.41. The number of alkyl halides is 3. The van der Waals surface area contributed by atoms with Crippen LogP contribution in [0, 0.1) is 0 Å². The van der Waals surface area contributed by atoms with Crippen LogP contribution in [0.25, 0.3) is 22.2 Å². The Balaban J connectivity index is 0.000000176. The minimum Gasteiger partial charge on any atom is -0.293 e. The first-order valence-electron chi connectivity index (χ1n) is 27.3. The summed E-state index contributed by atoms with van der Waals surface area (Å²) < 4.78 is 39.7. The molecule has 8 nitrogen and oxygen atoms in total. The van der Waals surface area contributed by atoms with Crippen LogP contribution in [0.4, 0.5) is 24.5 Å². The number of hydrogen-bond donors (Lipinski definition) is 0. The Hall–Kier alpha value is -8.52. The zero-order valence-corrected chi connectivity index (χ0v) is 46.5. The largest absolute Gasteiger partial charge is 0.446 e. The molecule has 13 rings (SSSR count). The molecule has 2 atom stereocenters. The predicted molar refractivity (Wildman–Crippen MR) is 328 cm³/mol. The van der Waals surface area contributed by atoms with Gasteiger partial charge in [-0.2, -0.15) is 18.3 Å². The van der Waals surface area contributed by atoms with Crippen LogP contribution >= 0.6 is 23.5 Å². The van der Waals surface area contributed by atoms with Crippen molar-refractivity contribution in [3.05, 3.63) is 281 Å². The van der Waals surface area contributed by atoms with Crippen LogP contribution in [-0.4, -0.2) is 48.0 Å². The van der Waals surface area contributed by atoms with Gasteiger partial charge in [-0.05, 0) is 101 Å². The molecule has 404 valence electrons. The normalized spacial score (nSPS) is 13.9. The summed E-state index contributed by atoms with van der Waals surface area (Å²) in [6, 6.07) is 70.8. The molecule has 81 heavy (non-hydrogen) atoms. The fraction of sp³-hybridized carbons (Fsp3) is 0.162. The third-order valence-corrected chi connectivity index (χ3v) is 16.4. The summed E-state index contributed by atoms with van der Waals surface area (Å²) in [5, 5.41) is 9.68. The molecule has 0 bridgehead atoms. The van der Waals surface area contributed by atoms with E-state index in [4.69, 9.17) is 26.2 Å². The summed E-state index contributed by atoms with van der Waals surface area (Å²) in [5.41, 5.74) is 17.7. The molecule has 7 aromatic carbocycles. The van der Waals surface area contributed by atoms with Crippen LogP contribution in [0.5, 0.6) is 0 Å². The Labute approximate surface area is 480 Å². The highest BCUT2D eigenvalue weighted by molar-refractivity contribution is 8.14. The molecule has 0 radical (unpaired) electrons. The number of thioether (sulfide) groups is 2. The van der Waals surface area contributed by atoms with E-state index >= 15 is 0 Å². The van der Waals surface area contributed by atoms with E-state index in [2.05, 4.69) is 204 Å². The van der Waals surface area contributed by atoms with Gasteiger partial charge in [0, 0.05) is 71.6 Å². The van der Waals surface area contributed by atoms with Gasteiger partial charge < -0.3 is 0 Å². The van der Waals surface area contributed by atoms with Crippen molar-refractivity contribution in [2.75, 3.05) is 0 Å². The van der Waals surface area contributed by atoms with Crippen molar-refractivity contribution in [3.8, 4) is 11.3 Å². The minimum absolute atomic E-state index is 0.313. The molecule has 3 aliphatic rings. The maximum absolute atomic E-state index is 10.4. The Morgan fingerprint density at radius 1 is 0.568 bits per heavy atom. The summed E-state index contributed by atoms with van der Waals surface area (Å²) in [5.74, 6) is 0. The van der Waals surface area contributed by atoms with Gasteiger partial charge in [0.1, 0.15) is 11.2 Å². The number of fused-ring (bicyclic) bond motifs is 4. The number of halogens is 3. The summed E-state index contributed by atoms with van der Waals surface area (Å²) in [6.45, 7) is 7.55. The Morgan fingerprint density at radius 3 is 1.44 bits per heavy atom. The van der Waals surface area contributed by atoms with Crippen LogP contribution in [0.2, 0.25) is 0 Å². The molecular weight excluding hydrogens is 1050 g/mol.